The van der Waals surface area contributed by atoms with Crippen LogP contribution in [0.4, 0.5) is 0 Å². The Morgan fingerprint density at radius 3 is 1.93 bits per heavy atom. The molecule has 0 aliphatic carbocycles. The van der Waals surface area contributed by atoms with Crippen molar-refractivity contribution < 1.29 is 9.47 Å². The highest BCUT2D eigenvalue weighted by Crippen LogP contribution is 2.03. The van der Waals surface area contributed by atoms with Crippen LogP contribution in [0.25, 0.3) is 0 Å². The molecule has 82 valence electrons. The fourth-order valence-corrected chi connectivity index (χ4v) is 0.959. The maximum atomic E-state index is 8.54. The molecule has 0 amide bonds. The van der Waals surface area contributed by atoms with E-state index in [1.54, 1.807) is 0 Å². The summed E-state index contributed by atoms with van der Waals surface area (Å²) in [6.07, 6.45) is 4.27. The van der Waals surface area contributed by atoms with Crippen LogP contribution < -0.4 is 0 Å². The Labute approximate surface area is 87.0 Å². The zero-order valence-electron chi connectivity index (χ0n) is 9.29. The first-order valence-electron chi connectivity index (χ1n) is 5.45. The first-order valence-corrected chi connectivity index (χ1v) is 5.45. The summed E-state index contributed by atoms with van der Waals surface area (Å²) in [4.78, 5) is 0. The van der Waals surface area contributed by atoms with Gasteiger partial charge in [-0.1, -0.05) is 26.7 Å². The molecule has 0 aromatic carbocycles. The number of ether oxygens (including phenoxy) is 2. The molecule has 0 heterocycles. The summed E-state index contributed by atoms with van der Waals surface area (Å²) in [6.45, 7) is 5.60. The van der Waals surface area contributed by atoms with Crippen molar-refractivity contribution >= 4 is 0 Å². The fourth-order valence-electron chi connectivity index (χ4n) is 0.959. The van der Waals surface area contributed by atoms with Crippen LogP contribution in [0.5, 0.6) is 0 Å². The molecule has 0 saturated carbocycles. The lowest BCUT2D eigenvalue weighted by Crippen LogP contribution is -2.18. The average molecular weight is 199 g/mol. The van der Waals surface area contributed by atoms with Gasteiger partial charge in [0.25, 0.3) is 0 Å². The van der Waals surface area contributed by atoms with Crippen LogP contribution >= 0.6 is 0 Å². The van der Waals surface area contributed by atoms with Gasteiger partial charge in [0.15, 0.2) is 6.29 Å². The summed E-state index contributed by atoms with van der Waals surface area (Å²) >= 11 is 0. The van der Waals surface area contributed by atoms with Gasteiger partial charge >= 0.3 is 0 Å². The second kappa shape index (κ2) is 10.5. The van der Waals surface area contributed by atoms with Crippen molar-refractivity contribution in [3.63, 3.8) is 0 Å². The number of hydrogen-bond donors (Lipinski definition) is 0. The van der Waals surface area contributed by atoms with Gasteiger partial charge in [-0.15, -0.1) is 0 Å². The van der Waals surface area contributed by atoms with E-state index < -0.39 is 0 Å². The Balaban J connectivity index is 3.50. The zero-order valence-corrected chi connectivity index (χ0v) is 9.29. The Hall–Kier alpha value is -0.590. The predicted molar refractivity (Wildman–Crippen MR) is 55.7 cm³/mol. The molecule has 0 aromatic heterocycles. The van der Waals surface area contributed by atoms with E-state index in [9.17, 15) is 0 Å². The first-order chi connectivity index (χ1) is 6.85. The van der Waals surface area contributed by atoms with Gasteiger partial charge in [-0.2, -0.15) is 5.26 Å². The summed E-state index contributed by atoms with van der Waals surface area (Å²) in [5.74, 6) is 0. The van der Waals surface area contributed by atoms with Crippen molar-refractivity contribution in [2.45, 2.75) is 52.2 Å². The minimum Gasteiger partial charge on any atom is -0.352 e. The molecule has 3 nitrogen and oxygen atoms in total. The predicted octanol–water partition coefficient (Wildman–Crippen LogP) is 2.86. The molecule has 14 heavy (non-hydrogen) atoms. The maximum absolute atomic E-state index is 8.54. The van der Waals surface area contributed by atoms with Gasteiger partial charge in [0.05, 0.1) is 12.5 Å². The third-order valence-electron chi connectivity index (χ3n) is 1.86. The summed E-state index contributed by atoms with van der Waals surface area (Å²) < 4.78 is 10.8. The molecule has 0 aliphatic rings. The lowest BCUT2D eigenvalue weighted by Gasteiger charge is -2.15. The van der Waals surface area contributed by atoms with E-state index in [-0.39, 0.29) is 6.29 Å². The highest BCUT2D eigenvalue weighted by atomic mass is 16.7. The van der Waals surface area contributed by atoms with Gasteiger partial charge in [0.2, 0.25) is 0 Å². The molecular weight excluding hydrogens is 178 g/mol. The molecule has 0 aromatic rings. The minimum atomic E-state index is -0.321. The number of nitriles is 1. The van der Waals surface area contributed by atoms with E-state index in [2.05, 4.69) is 19.9 Å². The number of hydrogen-bond acceptors (Lipinski definition) is 3. The fraction of sp³-hybridized carbons (Fsp3) is 0.909. The van der Waals surface area contributed by atoms with Crippen LogP contribution in [0.2, 0.25) is 0 Å². The number of nitrogens with zero attached hydrogens (tertiary/aromatic N) is 1. The van der Waals surface area contributed by atoms with Crippen molar-refractivity contribution in [2.24, 2.45) is 0 Å². The highest BCUT2D eigenvalue weighted by molar-refractivity contribution is 4.71. The smallest absolute Gasteiger partial charge is 0.170 e. The van der Waals surface area contributed by atoms with Gasteiger partial charge in [0, 0.05) is 13.2 Å². The van der Waals surface area contributed by atoms with Crippen LogP contribution in [0.3, 0.4) is 0 Å². The Bertz CT molecular complexity index is 144. The number of rotatable bonds is 9. The monoisotopic (exact) mass is 199 g/mol. The van der Waals surface area contributed by atoms with Crippen molar-refractivity contribution in [2.75, 3.05) is 13.2 Å². The molecule has 0 rings (SSSR count). The van der Waals surface area contributed by atoms with Crippen LogP contribution in [0, 0.1) is 11.3 Å². The quantitative estimate of drug-likeness (QED) is 0.423. The second-order valence-electron chi connectivity index (χ2n) is 3.24. The largest absolute Gasteiger partial charge is 0.352 e. The van der Waals surface area contributed by atoms with Crippen molar-refractivity contribution in [1.82, 2.24) is 0 Å². The highest BCUT2D eigenvalue weighted by Gasteiger charge is 2.07. The molecule has 0 N–H and O–H groups in total. The molecule has 3 heteroatoms. The molecule has 0 atom stereocenters. The van der Waals surface area contributed by atoms with E-state index in [1.807, 2.05) is 0 Å². The van der Waals surface area contributed by atoms with E-state index in [4.69, 9.17) is 14.7 Å². The SMILES string of the molecule is CCCCOC(CC#N)OCCCC. The molecule has 0 aliphatic heterocycles. The minimum absolute atomic E-state index is 0.321. The molecule has 0 unspecified atom stereocenters. The van der Waals surface area contributed by atoms with Gasteiger partial charge in [0.1, 0.15) is 0 Å². The lowest BCUT2D eigenvalue weighted by atomic mass is 10.3. The van der Waals surface area contributed by atoms with Crippen molar-refractivity contribution in [1.29, 1.82) is 5.26 Å². The van der Waals surface area contributed by atoms with Gasteiger partial charge in [-0.25, -0.2) is 0 Å². The van der Waals surface area contributed by atoms with E-state index in [0.717, 1.165) is 25.7 Å². The molecule has 0 spiro atoms. The third-order valence-corrected chi connectivity index (χ3v) is 1.86. The maximum Gasteiger partial charge on any atom is 0.170 e. The van der Waals surface area contributed by atoms with Crippen molar-refractivity contribution in [3.8, 4) is 6.07 Å². The zero-order chi connectivity index (χ0) is 10.6. The Morgan fingerprint density at radius 2 is 1.57 bits per heavy atom. The Kier molecular flexibility index (Phi) is 10.0. The normalized spacial score (nSPS) is 10.4. The van der Waals surface area contributed by atoms with Crippen LogP contribution in [0.1, 0.15) is 46.0 Å². The van der Waals surface area contributed by atoms with E-state index in [1.165, 1.54) is 0 Å². The standard InChI is InChI=1S/C11H21NO2/c1-3-5-9-13-11(7-8-12)14-10-6-4-2/h11H,3-7,9-10H2,1-2H3. The van der Waals surface area contributed by atoms with E-state index >= 15 is 0 Å². The number of unbranched alkanes of at least 4 members (excludes halogenated alkanes) is 2. The summed E-state index contributed by atoms with van der Waals surface area (Å²) in [7, 11) is 0. The topological polar surface area (TPSA) is 42.2 Å². The Morgan fingerprint density at radius 1 is 1.07 bits per heavy atom. The van der Waals surface area contributed by atoms with E-state index in [0.29, 0.717) is 19.6 Å². The second-order valence-corrected chi connectivity index (χ2v) is 3.24. The third kappa shape index (κ3) is 8.03. The average Bonchev–Trinajstić information content (AvgIpc) is 2.18. The van der Waals surface area contributed by atoms with Crippen LogP contribution in [-0.2, 0) is 9.47 Å². The van der Waals surface area contributed by atoms with Crippen LogP contribution in [-0.4, -0.2) is 19.5 Å². The van der Waals surface area contributed by atoms with Gasteiger partial charge in [-0.3, -0.25) is 0 Å². The summed E-state index contributed by atoms with van der Waals surface area (Å²) in [5.41, 5.74) is 0. The lowest BCUT2D eigenvalue weighted by molar-refractivity contribution is -0.139. The van der Waals surface area contributed by atoms with Crippen LogP contribution in [0.15, 0.2) is 0 Å². The molecule has 0 saturated heterocycles. The molecule has 0 radical (unpaired) electrons. The summed E-state index contributed by atoms with van der Waals surface area (Å²) in [6, 6.07) is 2.07. The molecule has 0 bridgehead atoms. The van der Waals surface area contributed by atoms with Crippen molar-refractivity contribution in [3.05, 3.63) is 0 Å². The molecular formula is C11H21NO2. The summed E-state index contributed by atoms with van der Waals surface area (Å²) in [5, 5.41) is 8.54. The van der Waals surface area contributed by atoms with Gasteiger partial charge < -0.3 is 9.47 Å². The molecule has 0 fully saturated rings. The van der Waals surface area contributed by atoms with Gasteiger partial charge in [-0.05, 0) is 12.8 Å². The first kappa shape index (κ1) is 13.4.